The molecule has 0 saturated heterocycles. The van der Waals surface area contributed by atoms with Gasteiger partial charge < -0.3 is 10.1 Å². The Morgan fingerprint density at radius 3 is 2.71 bits per heavy atom. The highest BCUT2D eigenvalue weighted by Gasteiger charge is 2.12. The van der Waals surface area contributed by atoms with E-state index in [9.17, 15) is 8.42 Å². The van der Waals surface area contributed by atoms with Gasteiger partial charge in [-0.05, 0) is 14.0 Å². The van der Waals surface area contributed by atoms with Crippen LogP contribution in [0.4, 0.5) is 5.95 Å². The number of aromatic nitrogens is 2. The van der Waals surface area contributed by atoms with Crippen molar-refractivity contribution in [2.24, 2.45) is 0 Å². The third-order valence-electron chi connectivity index (χ3n) is 1.91. The molecule has 0 unspecified atom stereocenters. The lowest BCUT2D eigenvalue weighted by Gasteiger charge is -2.08. The molecular weight excluding hydrogens is 244 g/mol. The Bertz CT molecular complexity index is 475. The van der Waals surface area contributed by atoms with Crippen LogP contribution in [0.25, 0.3) is 0 Å². The molecule has 0 saturated carbocycles. The van der Waals surface area contributed by atoms with E-state index in [1.807, 2.05) is 0 Å². The fourth-order valence-corrected chi connectivity index (χ4v) is 2.06. The SMILES string of the molecule is CNCCS(=O)(=O)Nc1nc(C)cc(OC)n1. The van der Waals surface area contributed by atoms with Crippen molar-refractivity contribution in [1.29, 1.82) is 0 Å². The van der Waals surface area contributed by atoms with Crippen molar-refractivity contribution in [2.75, 3.05) is 31.2 Å². The molecule has 0 fully saturated rings. The van der Waals surface area contributed by atoms with Gasteiger partial charge in [0.15, 0.2) is 0 Å². The molecule has 0 aromatic carbocycles. The minimum absolute atomic E-state index is 0.0259. The minimum atomic E-state index is -3.43. The topological polar surface area (TPSA) is 93.2 Å². The molecule has 0 amide bonds. The predicted octanol–water partition coefficient (Wildman–Crippen LogP) is -0.245. The Labute approximate surface area is 101 Å². The molecule has 1 heterocycles. The summed E-state index contributed by atoms with van der Waals surface area (Å²) >= 11 is 0. The van der Waals surface area contributed by atoms with Crippen LogP contribution in [0.15, 0.2) is 6.07 Å². The minimum Gasteiger partial charge on any atom is -0.481 e. The molecule has 1 rings (SSSR count). The van der Waals surface area contributed by atoms with E-state index in [0.717, 1.165) is 0 Å². The van der Waals surface area contributed by atoms with E-state index in [1.54, 1.807) is 20.0 Å². The van der Waals surface area contributed by atoms with Gasteiger partial charge >= 0.3 is 0 Å². The summed E-state index contributed by atoms with van der Waals surface area (Å²) in [5.74, 6) is 0.310. The fraction of sp³-hybridized carbons (Fsp3) is 0.556. The number of anilines is 1. The van der Waals surface area contributed by atoms with Gasteiger partial charge in [0.05, 0.1) is 12.9 Å². The van der Waals surface area contributed by atoms with E-state index < -0.39 is 10.0 Å². The summed E-state index contributed by atoms with van der Waals surface area (Å²) in [6, 6.07) is 1.62. The zero-order chi connectivity index (χ0) is 12.9. The summed E-state index contributed by atoms with van der Waals surface area (Å²) in [7, 11) is -0.290. The van der Waals surface area contributed by atoms with E-state index in [0.29, 0.717) is 18.1 Å². The van der Waals surface area contributed by atoms with Crippen molar-refractivity contribution in [2.45, 2.75) is 6.92 Å². The van der Waals surface area contributed by atoms with Crippen molar-refractivity contribution in [1.82, 2.24) is 15.3 Å². The summed E-state index contributed by atoms with van der Waals surface area (Å²) in [6.07, 6.45) is 0. The smallest absolute Gasteiger partial charge is 0.240 e. The summed E-state index contributed by atoms with van der Waals surface area (Å²) in [4.78, 5) is 7.87. The quantitative estimate of drug-likeness (QED) is 0.733. The number of ether oxygens (including phenoxy) is 1. The highest BCUT2D eigenvalue weighted by molar-refractivity contribution is 7.92. The molecule has 1 aromatic heterocycles. The number of hydrogen-bond donors (Lipinski definition) is 2. The maximum atomic E-state index is 11.6. The molecule has 0 bridgehead atoms. The average Bonchev–Trinajstić information content (AvgIpc) is 2.25. The summed E-state index contributed by atoms with van der Waals surface area (Å²) in [5, 5.41) is 2.76. The van der Waals surface area contributed by atoms with E-state index in [-0.39, 0.29) is 11.7 Å². The molecule has 0 aliphatic carbocycles. The Balaban J connectivity index is 2.84. The summed E-state index contributed by atoms with van der Waals surface area (Å²) in [6.45, 7) is 2.09. The Kier molecular flexibility index (Phi) is 4.64. The maximum Gasteiger partial charge on any atom is 0.240 e. The van der Waals surface area contributed by atoms with Crippen LogP contribution in [0.2, 0.25) is 0 Å². The average molecular weight is 260 g/mol. The van der Waals surface area contributed by atoms with Crippen LogP contribution in [0.3, 0.4) is 0 Å². The van der Waals surface area contributed by atoms with E-state index in [4.69, 9.17) is 4.74 Å². The van der Waals surface area contributed by atoms with Gasteiger partial charge in [0, 0.05) is 18.3 Å². The van der Waals surface area contributed by atoms with E-state index >= 15 is 0 Å². The number of sulfonamides is 1. The highest BCUT2D eigenvalue weighted by atomic mass is 32.2. The van der Waals surface area contributed by atoms with Crippen LogP contribution >= 0.6 is 0 Å². The Hall–Kier alpha value is -1.41. The number of aryl methyl sites for hydroxylation is 1. The summed E-state index contributed by atoms with van der Waals surface area (Å²) < 4.78 is 30.4. The lowest BCUT2D eigenvalue weighted by atomic mass is 10.4. The standard InChI is InChI=1S/C9H16N4O3S/c1-7-6-8(16-3)12-9(11-7)13-17(14,15)5-4-10-2/h6,10H,4-5H2,1-3H3,(H,11,12,13). The van der Waals surface area contributed by atoms with Gasteiger partial charge in [0.25, 0.3) is 0 Å². The molecule has 0 radical (unpaired) electrons. The fourth-order valence-electron chi connectivity index (χ4n) is 1.12. The molecule has 96 valence electrons. The van der Waals surface area contributed by atoms with Crippen molar-refractivity contribution < 1.29 is 13.2 Å². The van der Waals surface area contributed by atoms with Crippen molar-refractivity contribution in [3.63, 3.8) is 0 Å². The molecule has 0 aliphatic rings. The molecule has 0 spiro atoms. The molecule has 2 N–H and O–H groups in total. The Morgan fingerprint density at radius 1 is 1.41 bits per heavy atom. The van der Waals surface area contributed by atoms with E-state index in [1.165, 1.54) is 7.11 Å². The molecule has 1 aromatic rings. The maximum absolute atomic E-state index is 11.6. The first-order valence-corrected chi connectivity index (χ1v) is 6.67. The first-order valence-electron chi connectivity index (χ1n) is 5.01. The van der Waals surface area contributed by atoms with Crippen molar-refractivity contribution >= 4 is 16.0 Å². The number of rotatable bonds is 6. The van der Waals surface area contributed by atoms with Gasteiger partial charge in [-0.15, -0.1) is 0 Å². The third-order valence-corrected chi connectivity index (χ3v) is 3.14. The molecular formula is C9H16N4O3S. The molecule has 0 aliphatic heterocycles. The van der Waals surface area contributed by atoms with Crippen LogP contribution < -0.4 is 14.8 Å². The van der Waals surface area contributed by atoms with Crippen molar-refractivity contribution in [3.8, 4) is 5.88 Å². The van der Waals surface area contributed by atoms with Crippen LogP contribution in [0.1, 0.15) is 5.69 Å². The zero-order valence-electron chi connectivity index (χ0n) is 10.0. The molecule has 0 atom stereocenters. The second kappa shape index (κ2) is 5.78. The monoisotopic (exact) mass is 260 g/mol. The number of nitrogens with one attached hydrogen (secondary N) is 2. The zero-order valence-corrected chi connectivity index (χ0v) is 10.8. The number of hydrogen-bond acceptors (Lipinski definition) is 6. The van der Waals surface area contributed by atoms with Gasteiger partial charge in [-0.1, -0.05) is 0 Å². The summed E-state index contributed by atoms with van der Waals surface area (Å²) in [5.41, 5.74) is 0.628. The third kappa shape index (κ3) is 4.53. The lowest BCUT2D eigenvalue weighted by Crippen LogP contribution is -2.25. The lowest BCUT2D eigenvalue weighted by molar-refractivity contribution is 0.397. The number of methoxy groups -OCH3 is 1. The molecule has 8 heteroatoms. The van der Waals surface area contributed by atoms with E-state index in [2.05, 4.69) is 20.0 Å². The van der Waals surface area contributed by atoms with Crippen molar-refractivity contribution in [3.05, 3.63) is 11.8 Å². The van der Waals surface area contributed by atoms with Gasteiger partial charge in [-0.2, -0.15) is 4.98 Å². The highest BCUT2D eigenvalue weighted by Crippen LogP contribution is 2.12. The van der Waals surface area contributed by atoms with Crippen LogP contribution in [0, 0.1) is 6.92 Å². The number of nitrogens with zero attached hydrogens (tertiary/aromatic N) is 2. The van der Waals surface area contributed by atoms with Crippen LogP contribution in [-0.2, 0) is 10.0 Å². The first-order chi connectivity index (χ1) is 7.96. The second-order valence-electron chi connectivity index (χ2n) is 3.40. The largest absolute Gasteiger partial charge is 0.481 e. The Morgan fingerprint density at radius 2 is 2.12 bits per heavy atom. The predicted molar refractivity (Wildman–Crippen MR) is 64.7 cm³/mol. The molecule has 17 heavy (non-hydrogen) atoms. The van der Waals surface area contributed by atoms with Gasteiger partial charge in [-0.3, -0.25) is 4.72 Å². The van der Waals surface area contributed by atoms with Gasteiger partial charge in [-0.25, -0.2) is 13.4 Å². The van der Waals surface area contributed by atoms with Crippen LogP contribution in [-0.4, -0.2) is 44.8 Å². The first kappa shape index (κ1) is 13.7. The normalized spacial score (nSPS) is 11.2. The van der Waals surface area contributed by atoms with Gasteiger partial charge in [0.1, 0.15) is 0 Å². The second-order valence-corrected chi connectivity index (χ2v) is 5.24. The van der Waals surface area contributed by atoms with Crippen LogP contribution in [0.5, 0.6) is 5.88 Å². The molecule has 7 nitrogen and oxygen atoms in total. The van der Waals surface area contributed by atoms with Gasteiger partial charge in [0.2, 0.25) is 21.9 Å².